The molecule has 0 N–H and O–H groups in total. The lowest BCUT2D eigenvalue weighted by Gasteiger charge is -2.08. The van der Waals surface area contributed by atoms with Crippen molar-refractivity contribution in [1.29, 1.82) is 0 Å². The van der Waals surface area contributed by atoms with Crippen LogP contribution in [0.3, 0.4) is 0 Å². The van der Waals surface area contributed by atoms with E-state index in [0.717, 1.165) is 11.8 Å². The maximum atomic E-state index is 11.1. The molecule has 2 nitrogen and oxygen atoms in total. The Bertz CT molecular complexity index is 342. The molecule has 74 valence electrons. The molecule has 0 heterocycles. The van der Waals surface area contributed by atoms with Gasteiger partial charge in [0.25, 0.3) is 0 Å². The van der Waals surface area contributed by atoms with Gasteiger partial charge in [0.05, 0.1) is 0 Å². The van der Waals surface area contributed by atoms with Gasteiger partial charge in [-0.15, -0.1) is 0 Å². The van der Waals surface area contributed by atoms with Crippen molar-refractivity contribution in [2.45, 2.75) is 20.3 Å². The fourth-order valence-electron chi connectivity index (χ4n) is 1.31. The quantitative estimate of drug-likeness (QED) is 0.682. The second-order valence-corrected chi connectivity index (χ2v) is 3.53. The second kappa shape index (κ2) is 4.70. The fraction of sp³-hybridized carbons (Fsp3) is 0.333. The Kier molecular flexibility index (Phi) is 3.57. The fourth-order valence-corrected chi connectivity index (χ4v) is 1.31. The number of rotatable bonds is 4. The van der Waals surface area contributed by atoms with Crippen LogP contribution in [-0.2, 0) is 11.2 Å². The van der Waals surface area contributed by atoms with Crippen LogP contribution in [0, 0.1) is 5.92 Å². The molecular weight excluding hydrogens is 176 g/mol. The lowest BCUT2D eigenvalue weighted by molar-refractivity contribution is -0.120. The summed E-state index contributed by atoms with van der Waals surface area (Å²) in [6.45, 7) is 3.46. The molecule has 0 aliphatic rings. The number of carbonyl (C=O) groups excluding carboxylic acids is 2. The van der Waals surface area contributed by atoms with Gasteiger partial charge in [0.2, 0.25) is 0 Å². The van der Waals surface area contributed by atoms with Gasteiger partial charge in [-0.1, -0.05) is 31.2 Å². The predicted molar refractivity (Wildman–Crippen MR) is 55.4 cm³/mol. The monoisotopic (exact) mass is 190 g/mol. The minimum Gasteiger partial charge on any atom is -0.300 e. The van der Waals surface area contributed by atoms with Gasteiger partial charge in [-0.3, -0.25) is 9.59 Å². The van der Waals surface area contributed by atoms with Crippen molar-refractivity contribution in [1.82, 2.24) is 0 Å². The highest BCUT2D eigenvalue weighted by Gasteiger charge is 2.10. The van der Waals surface area contributed by atoms with E-state index >= 15 is 0 Å². The van der Waals surface area contributed by atoms with Crippen LogP contribution < -0.4 is 0 Å². The summed E-state index contributed by atoms with van der Waals surface area (Å²) in [6.07, 6.45) is 1.48. The second-order valence-electron chi connectivity index (χ2n) is 3.53. The van der Waals surface area contributed by atoms with E-state index in [1.165, 1.54) is 0 Å². The maximum Gasteiger partial charge on any atom is 0.150 e. The number of hydrogen-bond donors (Lipinski definition) is 0. The Hall–Kier alpha value is -1.44. The Morgan fingerprint density at radius 1 is 1.43 bits per heavy atom. The normalized spacial score (nSPS) is 12.1. The molecule has 0 saturated carbocycles. The molecule has 0 saturated heterocycles. The zero-order valence-corrected chi connectivity index (χ0v) is 8.49. The van der Waals surface area contributed by atoms with Gasteiger partial charge in [0, 0.05) is 11.5 Å². The molecule has 0 spiro atoms. The number of benzene rings is 1. The number of carbonyl (C=O) groups is 2. The summed E-state index contributed by atoms with van der Waals surface area (Å²) in [7, 11) is 0. The van der Waals surface area contributed by atoms with E-state index in [2.05, 4.69) is 0 Å². The van der Waals surface area contributed by atoms with Gasteiger partial charge in [0.15, 0.2) is 0 Å². The molecule has 0 aliphatic carbocycles. The summed E-state index contributed by atoms with van der Waals surface area (Å²) < 4.78 is 0. The predicted octanol–water partition coefficient (Wildman–Crippen LogP) is 2.27. The van der Waals surface area contributed by atoms with Gasteiger partial charge >= 0.3 is 0 Å². The SMILES string of the molecule is CC(=O)C(C)Cc1ccccc1C=O. The highest BCUT2D eigenvalue weighted by molar-refractivity contribution is 5.80. The van der Waals surface area contributed by atoms with Crippen molar-refractivity contribution in [3.05, 3.63) is 35.4 Å². The molecule has 2 heteroatoms. The average molecular weight is 190 g/mol. The summed E-state index contributed by atoms with van der Waals surface area (Å²) in [5.41, 5.74) is 1.63. The molecule has 1 aromatic rings. The van der Waals surface area contributed by atoms with Crippen LogP contribution in [0.2, 0.25) is 0 Å². The number of aldehydes is 1. The summed E-state index contributed by atoms with van der Waals surface area (Å²) >= 11 is 0. The highest BCUT2D eigenvalue weighted by Crippen LogP contribution is 2.12. The molecular formula is C12H14O2. The van der Waals surface area contributed by atoms with E-state index in [0.29, 0.717) is 12.0 Å². The summed E-state index contributed by atoms with van der Waals surface area (Å²) in [5, 5.41) is 0. The van der Waals surface area contributed by atoms with Crippen LogP contribution >= 0.6 is 0 Å². The number of Topliss-reactive ketones (excluding diaryl/α,β-unsaturated/α-hetero) is 1. The molecule has 0 aliphatic heterocycles. The van der Waals surface area contributed by atoms with Crippen LogP contribution in [0.4, 0.5) is 0 Å². The molecule has 0 radical (unpaired) electrons. The van der Waals surface area contributed by atoms with Crippen molar-refractivity contribution in [2.75, 3.05) is 0 Å². The van der Waals surface area contributed by atoms with Crippen molar-refractivity contribution < 1.29 is 9.59 Å². The van der Waals surface area contributed by atoms with Gasteiger partial charge in [-0.25, -0.2) is 0 Å². The van der Waals surface area contributed by atoms with E-state index in [1.54, 1.807) is 13.0 Å². The van der Waals surface area contributed by atoms with E-state index in [9.17, 15) is 9.59 Å². The highest BCUT2D eigenvalue weighted by atomic mass is 16.1. The van der Waals surface area contributed by atoms with Crippen LogP contribution in [0.5, 0.6) is 0 Å². The molecule has 1 atom stereocenters. The molecule has 1 rings (SSSR count). The van der Waals surface area contributed by atoms with Crippen molar-refractivity contribution >= 4 is 12.1 Å². The van der Waals surface area contributed by atoms with Gasteiger partial charge in [0.1, 0.15) is 12.1 Å². The van der Waals surface area contributed by atoms with Crippen molar-refractivity contribution in [2.24, 2.45) is 5.92 Å². The van der Waals surface area contributed by atoms with Crippen LogP contribution in [0.15, 0.2) is 24.3 Å². The molecule has 0 fully saturated rings. The Balaban J connectivity index is 2.85. The van der Waals surface area contributed by atoms with E-state index in [4.69, 9.17) is 0 Å². The van der Waals surface area contributed by atoms with E-state index in [-0.39, 0.29) is 11.7 Å². The minimum atomic E-state index is -0.0175. The van der Waals surface area contributed by atoms with Crippen LogP contribution in [0.25, 0.3) is 0 Å². The third-order valence-electron chi connectivity index (χ3n) is 2.40. The molecule has 14 heavy (non-hydrogen) atoms. The van der Waals surface area contributed by atoms with Gasteiger partial charge in [-0.05, 0) is 18.9 Å². The lowest BCUT2D eigenvalue weighted by Crippen LogP contribution is -2.10. The first-order chi connectivity index (χ1) is 6.65. The molecule has 0 bridgehead atoms. The number of ketones is 1. The molecule has 0 aromatic heterocycles. The summed E-state index contributed by atoms with van der Waals surface area (Å²) in [5.74, 6) is 0.141. The van der Waals surface area contributed by atoms with Gasteiger partial charge < -0.3 is 0 Å². The largest absolute Gasteiger partial charge is 0.300 e. The first-order valence-corrected chi connectivity index (χ1v) is 4.68. The van der Waals surface area contributed by atoms with Crippen molar-refractivity contribution in [3.8, 4) is 0 Å². The standard InChI is InChI=1S/C12H14O2/c1-9(10(2)14)7-11-5-3-4-6-12(11)8-13/h3-6,8-9H,7H2,1-2H3. The third-order valence-corrected chi connectivity index (χ3v) is 2.40. The Labute approximate surface area is 83.9 Å². The van der Waals surface area contributed by atoms with Crippen LogP contribution in [0.1, 0.15) is 29.8 Å². The Morgan fingerprint density at radius 2 is 2.07 bits per heavy atom. The van der Waals surface area contributed by atoms with E-state index in [1.807, 2.05) is 25.1 Å². The zero-order chi connectivity index (χ0) is 10.6. The maximum absolute atomic E-state index is 11.1. The average Bonchev–Trinajstić information content (AvgIpc) is 2.18. The van der Waals surface area contributed by atoms with Crippen LogP contribution in [-0.4, -0.2) is 12.1 Å². The first kappa shape index (κ1) is 10.6. The van der Waals surface area contributed by atoms with Crippen molar-refractivity contribution in [3.63, 3.8) is 0 Å². The summed E-state index contributed by atoms with van der Waals surface area (Å²) in [4.78, 5) is 21.8. The Morgan fingerprint density at radius 3 is 2.64 bits per heavy atom. The number of hydrogen-bond acceptors (Lipinski definition) is 2. The zero-order valence-electron chi connectivity index (χ0n) is 8.49. The summed E-state index contributed by atoms with van der Waals surface area (Å²) in [6, 6.07) is 7.37. The first-order valence-electron chi connectivity index (χ1n) is 4.68. The van der Waals surface area contributed by atoms with Gasteiger partial charge in [-0.2, -0.15) is 0 Å². The molecule has 1 aromatic carbocycles. The minimum absolute atomic E-state index is 0.0175. The smallest absolute Gasteiger partial charge is 0.150 e. The molecule has 1 unspecified atom stereocenters. The van der Waals surface area contributed by atoms with E-state index < -0.39 is 0 Å². The third kappa shape index (κ3) is 2.52. The topological polar surface area (TPSA) is 34.1 Å². The molecule has 0 amide bonds. The lowest BCUT2D eigenvalue weighted by atomic mass is 9.95.